The minimum absolute atomic E-state index is 0.0194. The summed E-state index contributed by atoms with van der Waals surface area (Å²) in [5.74, 6) is 1.31. The second-order valence-electron chi connectivity index (χ2n) is 40.2. The maximum absolute atomic E-state index is 14.0. The number of Topliss-reactive ketones (excluding diaryl/α,β-unsaturated/α-hetero) is 1. The van der Waals surface area contributed by atoms with Crippen LogP contribution in [0.5, 0.6) is 0 Å². The lowest BCUT2D eigenvalue weighted by molar-refractivity contribution is -0.134. The molecule has 12 aromatic rings. The molecule has 7 aromatic carbocycles. The number of rotatable bonds is 22. The van der Waals surface area contributed by atoms with Gasteiger partial charge in [-0.15, -0.1) is 45.3 Å². The number of amides is 6. The van der Waals surface area contributed by atoms with Gasteiger partial charge in [-0.3, -0.25) is 58.1 Å². The average molecular weight is 2070 g/mol. The predicted octanol–water partition coefficient (Wildman–Crippen LogP) is 20.2. The first-order valence-electron chi connectivity index (χ1n) is 49.8. The molecule has 3 unspecified atom stereocenters. The molecule has 10 N–H and O–H groups in total. The maximum Gasteiger partial charge on any atom is 0.261 e. The molecule has 762 valence electrons. The van der Waals surface area contributed by atoms with Gasteiger partial charge >= 0.3 is 0 Å². The van der Waals surface area contributed by atoms with Crippen molar-refractivity contribution in [2.24, 2.45) is 71.4 Å². The van der Waals surface area contributed by atoms with Crippen LogP contribution in [0.15, 0.2) is 254 Å². The van der Waals surface area contributed by atoms with E-state index < -0.39 is 39.5 Å². The molecule has 3 fully saturated rings. The zero-order valence-electron chi connectivity index (χ0n) is 84.6. The smallest absolute Gasteiger partial charge is 0.261 e. The van der Waals surface area contributed by atoms with E-state index in [4.69, 9.17) is 60.0 Å². The average Bonchev–Trinajstić information content (AvgIpc) is 1.71. The van der Waals surface area contributed by atoms with Gasteiger partial charge in [0.05, 0.1) is 64.9 Å². The van der Waals surface area contributed by atoms with Gasteiger partial charge in [-0.1, -0.05) is 154 Å². The third kappa shape index (κ3) is 23.6. The minimum Gasteiger partial charge on any atom is -0.376 e. The number of ether oxygens (including phenoxy) is 1. The number of hydrogen-bond donors (Lipinski definition) is 5. The van der Waals surface area contributed by atoms with Crippen molar-refractivity contribution >= 4 is 138 Å². The molecule has 0 spiro atoms. The lowest BCUT2D eigenvalue weighted by Gasteiger charge is -2.40. The maximum atomic E-state index is 14.0. The Labute approximate surface area is 878 Å². The Morgan fingerprint density at radius 1 is 0.565 bits per heavy atom. The molecule has 6 amide bonds. The Balaban J connectivity index is 0.000000132. The van der Waals surface area contributed by atoms with Crippen LogP contribution in [0.4, 0.5) is 4.39 Å². The number of benzene rings is 7. The van der Waals surface area contributed by atoms with Crippen molar-refractivity contribution in [3.63, 3.8) is 0 Å². The highest BCUT2D eigenvalue weighted by Crippen LogP contribution is 2.50. The summed E-state index contributed by atoms with van der Waals surface area (Å²) in [4.78, 5) is 134. The van der Waals surface area contributed by atoms with Crippen molar-refractivity contribution in [3.05, 3.63) is 293 Å². The number of aliphatic imine (C=N–C) groups is 5. The molecule has 20 rings (SSSR count). The van der Waals surface area contributed by atoms with Crippen LogP contribution in [0.25, 0.3) is 53.9 Å². The van der Waals surface area contributed by atoms with Gasteiger partial charge in [0.15, 0.2) is 41.1 Å². The van der Waals surface area contributed by atoms with E-state index >= 15 is 0 Å². The standard InChI is InChI=1S/C29H35ClN4O2.C26H25FN4OS.C23H25N5OS.C18H21N3O2S.C18H19N3O2S/c1-29(24-11-5-9-22(16-24)23-10-6-12-25(30)17-23)27(36)34(28(31)32-29)19-21-13-14-33(18-21)26(35)15-20-7-3-2-4-8-20;1-26(23-14-20(16-33-23)19-10-5-7-17(13-19)15-28)21(24(32)31(2)25(29)30-26)11-6-9-18-8-3-4-12-22(18)27;1-14(2)15-5-7-16(8-6-15)20-21(29)28(4)22(24)27-23(20,3)19-9-17(12-30-19)18-10-25-13-26-11-18;1-18(13-4-5-15-12(9-13)6-8-24-15)10-16(22)21(17(19)20-18)11-14-3-2-7-23-14;1-11(22)14-7-8-15(24-14)12-5-4-6-13(9-12)18(2)10-16(23)21(3)17(19)20-18/h5-6,9-12,16-17,20-21H,2-4,7-8,13-15,18-19H2,1H3,(H2,31,32);3-5,7-8,10,12-14,16,21H,6,9,11H2,1-2H3,(H2,29,30);5-14,20H,1-4H3,(H2,24,27);4-6,8-9,14H,2-3,7,10-11H2,1H3,(H2,19,20);4-9H,10H2,1-3H3,(H2,19,20)/t21-,29?;21?,26-;20-,23-;14?,18-;18-/m00100/s1. The third-order valence-electron chi connectivity index (χ3n) is 29.4. The number of aryl methyl sites for hydroxylation is 1. The summed E-state index contributed by atoms with van der Waals surface area (Å²) in [6, 6.07) is 64.2. The number of nitrogens with zero attached hydrogens (tertiary/aromatic N) is 14. The number of ketones is 1. The molecule has 8 aliphatic rings. The number of carbonyl (C=O) groups excluding carboxylic acids is 7. The Bertz CT molecular complexity index is 7120. The van der Waals surface area contributed by atoms with Crippen LogP contribution in [0.2, 0.25) is 5.02 Å². The van der Waals surface area contributed by atoms with Crippen LogP contribution in [-0.2, 0) is 67.6 Å². The number of fused-ring (bicyclic) bond motifs is 1. The van der Waals surface area contributed by atoms with Gasteiger partial charge in [0.1, 0.15) is 23.2 Å². The highest BCUT2D eigenvalue weighted by atomic mass is 35.5. The Morgan fingerprint density at radius 3 is 1.84 bits per heavy atom. The number of likely N-dealkylation sites (N-methyl/N-ethyl adjacent to an activating group) is 1. The summed E-state index contributed by atoms with van der Waals surface area (Å²) in [6.07, 6.45) is 17.2. The van der Waals surface area contributed by atoms with E-state index in [0.29, 0.717) is 85.7 Å². The second kappa shape index (κ2) is 45.3. The number of hydrogen-bond acceptors (Lipinski definition) is 25. The number of aromatic nitrogens is 2. The number of nitriles is 1. The number of likely N-dealkylation sites (tertiary alicyclic amines) is 1. The lowest BCUT2D eigenvalue weighted by atomic mass is 9.77. The number of guanidine groups is 5. The van der Waals surface area contributed by atoms with Crippen LogP contribution in [0.1, 0.15) is 209 Å². The fourth-order valence-electron chi connectivity index (χ4n) is 20.5. The zero-order valence-corrected chi connectivity index (χ0v) is 88.7. The summed E-state index contributed by atoms with van der Waals surface area (Å²) >= 11 is 12.5. The SMILES string of the molecule is CC(=O)c1ccc(-c2cccc([C@]3(C)CC(=O)N(C)C(N)=N3)c2)s1.CC(C)c1ccc([C@@H]2C(=O)N(C)C(N)=N[C@]2(C)c2cc(-c3cncnc3)cs2)cc1.CC1(c2cccc(-c3cccc(Cl)c3)c2)N=C(N)N(C[C@H]2CCN(C(=O)CC3CCCCC3)C2)C1=O.CN1C(=O)C(CCCc2ccccc2F)[C@@](C)(c2cc(-c3cccc(C#N)c3)cs2)N=C1N.C[C@@]1(c2ccc3sccc3c2)CC(=O)N(CC2CCCO2)C(N)=N1. The second-order valence-corrected chi connectivity index (χ2v) is 44.5. The van der Waals surface area contributed by atoms with Crippen molar-refractivity contribution < 1.29 is 42.7 Å². The topological polar surface area (TPSA) is 390 Å². The molecule has 5 aromatic heterocycles. The molecule has 12 heterocycles. The quantitative estimate of drug-likeness (QED) is 0.0394. The third-order valence-corrected chi connectivity index (χ3v) is 34.1. The van der Waals surface area contributed by atoms with E-state index in [2.05, 4.69) is 87.7 Å². The summed E-state index contributed by atoms with van der Waals surface area (Å²) < 4.78 is 20.9. The number of thiophene rings is 4. The molecular formula is C114H125ClFN19O8S4. The first kappa shape index (κ1) is 106. The van der Waals surface area contributed by atoms with E-state index in [-0.39, 0.29) is 89.3 Å². The van der Waals surface area contributed by atoms with E-state index in [1.54, 1.807) is 91.1 Å². The first-order valence-corrected chi connectivity index (χ1v) is 53.6. The van der Waals surface area contributed by atoms with Crippen LogP contribution in [0, 0.1) is 34.9 Å². The van der Waals surface area contributed by atoms with Gasteiger partial charge in [0.2, 0.25) is 29.5 Å². The fourth-order valence-corrected chi connectivity index (χ4v) is 24.4. The van der Waals surface area contributed by atoms with Gasteiger partial charge in [-0.25, -0.2) is 39.3 Å². The van der Waals surface area contributed by atoms with Crippen molar-refractivity contribution in [3.8, 4) is 49.9 Å². The molecule has 1 saturated carbocycles. The van der Waals surface area contributed by atoms with Crippen LogP contribution >= 0.6 is 56.9 Å². The van der Waals surface area contributed by atoms with Crippen LogP contribution < -0.4 is 28.7 Å². The van der Waals surface area contributed by atoms with E-state index in [9.17, 15) is 43.2 Å². The molecule has 0 bridgehead atoms. The summed E-state index contributed by atoms with van der Waals surface area (Å²) in [5.41, 5.74) is 39.6. The monoisotopic (exact) mass is 2070 g/mol. The molecule has 2 saturated heterocycles. The Morgan fingerprint density at radius 2 is 1.18 bits per heavy atom. The van der Waals surface area contributed by atoms with Gasteiger partial charge in [0, 0.05) is 96.1 Å². The molecule has 27 nitrogen and oxygen atoms in total. The molecule has 147 heavy (non-hydrogen) atoms. The van der Waals surface area contributed by atoms with E-state index in [1.807, 2.05) is 178 Å². The molecule has 9 atom stereocenters. The molecular weight excluding hydrogens is 1950 g/mol. The van der Waals surface area contributed by atoms with E-state index in [1.165, 1.54) is 97.5 Å². The normalized spacial score (nSPS) is 23.1. The van der Waals surface area contributed by atoms with Crippen LogP contribution in [0.3, 0.4) is 0 Å². The van der Waals surface area contributed by atoms with Crippen molar-refractivity contribution in [1.82, 2.24) is 39.4 Å². The Hall–Kier alpha value is -13.8. The first-order chi connectivity index (χ1) is 70.3. The summed E-state index contributed by atoms with van der Waals surface area (Å²) in [5, 5.41) is 17.2. The highest BCUT2D eigenvalue weighted by molar-refractivity contribution is 7.17. The number of carbonyl (C=O) groups is 7. The van der Waals surface area contributed by atoms with Crippen LogP contribution in [-0.4, -0.2) is 170 Å². The highest BCUT2D eigenvalue weighted by Gasteiger charge is 2.51. The molecule has 7 aliphatic heterocycles. The van der Waals surface area contributed by atoms with Gasteiger partial charge in [-0.05, 0) is 284 Å². The predicted molar refractivity (Wildman–Crippen MR) is 585 cm³/mol. The molecule has 1 aliphatic carbocycles. The summed E-state index contributed by atoms with van der Waals surface area (Å²) in [7, 11) is 4.95. The number of nitrogens with two attached hydrogens (primary N) is 5. The molecule has 33 heteroatoms. The zero-order chi connectivity index (χ0) is 105. The van der Waals surface area contributed by atoms with E-state index in [0.717, 1.165) is 113 Å². The van der Waals surface area contributed by atoms with Crippen molar-refractivity contribution in [2.75, 3.05) is 53.9 Å². The lowest BCUT2D eigenvalue weighted by Crippen LogP contribution is -2.53. The minimum atomic E-state index is -1.08. The van der Waals surface area contributed by atoms with Crippen molar-refractivity contribution in [1.29, 1.82) is 5.26 Å². The molecule has 0 radical (unpaired) electrons. The van der Waals surface area contributed by atoms with Gasteiger partial charge in [-0.2, -0.15) is 5.26 Å². The number of halogens is 2. The fraction of sp³-hybridized carbons (Fsp3) is 0.360. The largest absolute Gasteiger partial charge is 0.376 e. The van der Waals surface area contributed by atoms with Gasteiger partial charge in [0.25, 0.3) is 5.91 Å². The Kier molecular flexibility index (Phi) is 32.6. The van der Waals surface area contributed by atoms with Crippen molar-refractivity contribution in [2.45, 2.75) is 191 Å². The summed E-state index contributed by atoms with van der Waals surface area (Å²) in [6.45, 7) is 18.7. The van der Waals surface area contributed by atoms with Gasteiger partial charge < -0.3 is 38.3 Å².